The van der Waals surface area contributed by atoms with Crippen LogP contribution in [0.25, 0.3) is 5.57 Å². The molecular formula is C12H14N2O3S2. The third-order valence-corrected chi connectivity index (χ3v) is 3.31. The fourth-order valence-corrected chi connectivity index (χ4v) is 2.47. The number of allylic oxidation sites excluding steroid dienone is 5. The Morgan fingerprint density at radius 2 is 2.21 bits per heavy atom. The van der Waals surface area contributed by atoms with Crippen LogP contribution in [0.1, 0.15) is 22.4 Å². The first kappa shape index (κ1) is 15.3. The number of aromatic nitrogens is 1. The van der Waals surface area contributed by atoms with Crippen LogP contribution in [0.4, 0.5) is 0 Å². The molecule has 1 aromatic heterocycles. The molecule has 1 heterocycles. The monoisotopic (exact) mass is 298 g/mol. The molecule has 0 unspecified atom stereocenters. The lowest BCUT2D eigenvalue weighted by atomic mass is 10.2. The van der Waals surface area contributed by atoms with Crippen molar-refractivity contribution in [3.63, 3.8) is 0 Å². The van der Waals surface area contributed by atoms with Gasteiger partial charge in [0, 0.05) is 11.0 Å². The van der Waals surface area contributed by atoms with Gasteiger partial charge in [0.2, 0.25) is 10.0 Å². The number of hydrogen-bond acceptors (Lipinski definition) is 5. The minimum Gasteiger partial charge on any atom is -0.265 e. The van der Waals surface area contributed by atoms with E-state index >= 15 is 0 Å². The van der Waals surface area contributed by atoms with E-state index in [9.17, 15) is 13.2 Å². The predicted octanol–water partition coefficient (Wildman–Crippen LogP) is 1.98. The molecule has 0 aliphatic carbocycles. The fraction of sp³-hybridized carbons (Fsp3) is 0.167. The topological polar surface area (TPSA) is 76.1 Å². The maximum Gasteiger partial charge on any atom is 0.293 e. The first-order valence-electron chi connectivity index (χ1n) is 5.31. The van der Waals surface area contributed by atoms with Crippen molar-refractivity contribution < 1.29 is 13.2 Å². The second kappa shape index (κ2) is 6.44. The number of carbonyl (C=O) groups excluding carboxylic acids is 1. The Bertz CT molecular complexity index is 640. The van der Waals surface area contributed by atoms with Gasteiger partial charge in [-0.15, -0.1) is 11.3 Å². The molecule has 0 aliphatic heterocycles. The van der Waals surface area contributed by atoms with Gasteiger partial charge in [-0.05, 0) is 6.92 Å². The molecule has 102 valence electrons. The van der Waals surface area contributed by atoms with Crippen molar-refractivity contribution >= 4 is 32.8 Å². The Kier molecular flexibility index (Phi) is 5.20. The lowest BCUT2D eigenvalue weighted by molar-refractivity contribution is 0.0981. The first-order chi connectivity index (χ1) is 8.87. The van der Waals surface area contributed by atoms with Gasteiger partial charge >= 0.3 is 0 Å². The van der Waals surface area contributed by atoms with Crippen LogP contribution in [-0.4, -0.2) is 25.6 Å². The smallest absolute Gasteiger partial charge is 0.265 e. The molecule has 0 fully saturated rings. The van der Waals surface area contributed by atoms with Gasteiger partial charge in [-0.1, -0.05) is 30.9 Å². The van der Waals surface area contributed by atoms with E-state index in [0.29, 0.717) is 5.69 Å². The third kappa shape index (κ3) is 4.80. The van der Waals surface area contributed by atoms with Crippen molar-refractivity contribution in [1.82, 2.24) is 9.71 Å². The maximum atomic E-state index is 11.6. The summed E-state index contributed by atoms with van der Waals surface area (Å²) in [4.78, 5) is 15.7. The molecule has 7 heteroatoms. The quantitative estimate of drug-likeness (QED) is 0.843. The number of sulfonamides is 1. The molecule has 0 aromatic carbocycles. The average Bonchev–Trinajstić information content (AvgIpc) is 2.75. The number of nitrogens with one attached hydrogen (secondary N) is 1. The van der Waals surface area contributed by atoms with Crippen molar-refractivity contribution in [3.8, 4) is 0 Å². The van der Waals surface area contributed by atoms with Crippen molar-refractivity contribution in [2.45, 2.75) is 6.92 Å². The highest BCUT2D eigenvalue weighted by molar-refractivity contribution is 7.89. The fourth-order valence-electron chi connectivity index (χ4n) is 1.26. The number of rotatable bonds is 5. The van der Waals surface area contributed by atoms with Crippen LogP contribution in [-0.2, 0) is 10.0 Å². The molecule has 5 nitrogen and oxygen atoms in total. The van der Waals surface area contributed by atoms with Gasteiger partial charge in [0.15, 0.2) is 5.01 Å². The Balaban J connectivity index is 3.02. The summed E-state index contributed by atoms with van der Waals surface area (Å²) in [6, 6.07) is 0. The highest BCUT2D eigenvalue weighted by Gasteiger charge is 2.15. The van der Waals surface area contributed by atoms with E-state index in [1.165, 1.54) is 0 Å². The zero-order valence-corrected chi connectivity index (χ0v) is 12.2. The molecule has 0 saturated heterocycles. The number of hydrogen-bond donors (Lipinski definition) is 1. The van der Waals surface area contributed by atoms with Gasteiger partial charge in [0.05, 0.1) is 11.9 Å². The van der Waals surface area contributed by atoms with Crippen LogP contribution < -0.4 is 4.72 Å². The summed E-state index contributed by atoms with van der Waals surface area (Å²) in [5.74, 6) is -0.725. The molecule has 0 spiro atoms. The zero-order valence-electron chi connectivity index (χ0n) is 10.6. The SMILES string of the molecule is C=C/C=C(\C=C/C)c1csc(C(=O)NS(C)(=O)=O)n1. The summed E-state index contributed by atoms with van der Waals surface area (Å²) in [6.45, 7) is 5.47. The van der Waals surface area contributed by atoms with Crippen molar-refractivity contribution in [1.29, 1.82) is 0 Å². The minimum atomic E-state index is -3.58. The van der Waals surface area contributed by atoms with E-state index in [0.717, 1.165) is 23.2 Å². The average molecular weight is 298 g/mol. The van der Waals surface area contributed by atoms with E-state index in [1.807, 2.05) is 23.8 Å². The summed E-state index contributed by atoms with van der Waals surface area (Å²) in [7, 11) is -3.58. The number of carbonyl (C=O) groups is 1. The van der Waals surface area contributed by atoms with E-state index in [4.69, 9.17) is 0 Å². The van der Waals surface area contributed by atoms with Gasteiger partial charge < -0.3 is 0 Å². The molecule has 0 aliphatic rings. The lowest BCUT2D eigenvalue weighted by Gasteiger charge is -1.98. The van der Waals surface area contributed by atoms with Crippen LogP contribution in [0.5, 0.6) is 0 Å². The van der Waals surface area contributed by atoms with Crippen molar-refractivity contribution in [3.05, 3.63) is 47.0 Å². The number of nitrogens with zero attached hydrogens (tertiary/aromatic N) is 1. The molecule has 19 heavy (non-hydrogen) atoms. The minimum absolute atomic E-state index is 0.0971. The third-order valence-electron chi connectivity index (χ3n) is 1.92. The predicted molar refractivity (Wildman–Crippen MR) is 77.4 cm³/mol. The number of thiazole rings is 1. The van der Waals surface area contributed by atoms with Crippen LogP contribution in [0.2, 0.25) is 0 Å². The van der Waals surface area contributed by atoms with Gasteiger partial charge in [-0.3, -0.25) is 4.79 Å². The molecule has 0 saturated carbocycles. The van der Waals surface area contributed by atoms with Crippen LogP contribution in [0.3, 0.4) is 0 Å². The summed E-state index contributed by atoms with van der Waals surface area (Å²) in [5.41, 5.74) is 1.40. The molecular weight excluding hydrogens is 284 g/mol. The largest absolute Gasteiger partial charge is 0.293 e. The summed E-state index contributed by atoms with van der Waals surface area (Å²) < 4.78 is 23.8. The Hall–Kier alpha value is -1.73. The van der Waals surface area contributed by atoms with Gasteiger partial charge in [-0.2, -0.15) is 0 Å². The second-order valence-electron chi connectivity index (χ2n) is 3.60. The molecule has 1 amide bonds. The Labute approximate surface area is 116 Å². The molecule has 0 bridgehead atoms. The first-order valence-corrected chi connectivity index (χ1v) is 8.08. The van der Waals surface area contributed by atoms with Crippen molar-refractivity contribution in [2.24, 2.45) is 0 Å². The molecule has 1 rings (SSSR count). The van der Waals surface area contributed by atoms with Crippen molar-refractivity contribution in [2.75, 3.05) is 6.26 Å². The summed E-state index contributed by atoms with van der Waals surface area (Å²) in [6.07, 6.45) is 7.96. The maximum absolute atomic E-state index is 11.6. The Morgan fingerprint density at radius 1 is 1.53 bits per heavy atom. The summed E-state index contributed by atoms with van der Waals surface area (Å²) >= 11 is 1.08. The van der Waals surface area contributed by atoms with Gasteiger partial charge in [0.25, 0.3) is 5.91 Å². The van der Waals surface area contributed by atoms with E-state index in [2.05, 4.69) is 11.6 Å². The van der Waals surface area contributed by atoms with Gasteiger partial charge in [-0.25, -0.2) is 18.1 Å². The molecule has 1 N–H and O–H groups in total. The van der Waals surface area contributed by atoms with Crippen LogP contribution >= 0.6 is 11.3 Å². The summed E-state index contributed by atoms with van der Waals surface area (Å²) in [5, 5.41) is 1.78. The second-order valence-corrected chi connectivity index (χ2v) is 6.21. The standard InChI is InChI=1S/C12H14N2O3S2/c1-4-6-9(7-5-2)10-8-18-12(13-10)11(15)14-19(3,16)17/h4-8H,1H2,2-3H3,(H,14,15)/b7-5-,9-6+. The van der Waals surface area contributed by atoms with Gasteiger partial charge in [0.1, 0.15) is 0 Å². The molecule has 0 atom stereocenters. The highest BCUT2D eigenvalue weighted by Crippen LogP contribution is 2.19. The van der Waals surface area contributed by atoms with E-state index < -0.39 is 15.9 Å². The Morgan fingerprint density at radius 3 is 2.74 bits per heavy atom. The zero-order chi connectivity index (χ0) is 14.5. The normalized spacial score (nSPS) is 12.6. The van der Waals surface area contributed by atoms with Crippen LogP contribution in [0, 0.1) is 0 Å². The number of amides is 1. The van der Waals surface area contributed by atoms with E-state index in [1.54, 1.807) is 17.5 Å². The van der Waals surface area contributed by atoms with E-state index in [-0.39, 0.29) is 5.01 Å². The molecule has 0 radical (unpaired) electrons. The highest BCUT2D eigenvalue weighted by atomic mass is 32.2. The molecule has 1 aromatic rings. The lowest BCUT2D eigenvalue weighted by Crippen LogP contribution is -2.29. The van der Waals surface area contributed by atoms with Crippen LogP contribution in [0.15, 0.2) is 36.3 Å².